The van der Waals surface area contributed by atoms with Gasteiger partial charge in [-0.1, -0.05) is 58.4 Å². The maximum absolute atomic E-state index is 3.69. The van der Waals surface area contributed by atoms with Crippen LogP contribution >= 0.6 is 0 Å². The quantitative estimate of drug-likeness (QED) is 0.710. The van der Waals surface area contributed by atoms with E-state index in [0.29, 0.717) is 6.04 Å². The molecule has 1 nitrogen and oxygen atoms in total. The summed E-state index contributed by atoms with van der Waals surface area (Å²) in [5.41, 5.74) is 2.82. The second-order valence-electron chi connectivity index (χ2n) is 5.41. The zero-order chi connectivity index (χ0) is 13.4. The molecule has 2 unspecified atom stereocenters. The fraction of sp³-hybridized carbons (Fsp3) is 0.647. The van der Waals surface area contributed by atoms with Crippen LogP contribution in [0, 0.1) is 5.92 Å². The Balaban J connectivity index is 2.41. The van der Waals surface area contributed by atoms with Crippen LogP contribution in [-0.2, 0) is 13.0 Å². The molecule has 102 valence electrons. The molecule has 0 spiro atoms. The summed E-state index contributed by atoms with van der Waals surface area (Å²) in [4.78, 5) is 0. The molecule has 0 saturated heterocycles. The average molecular weight is 247 g/mol. The first kappa shape index (κ1) is 15.2. The Morgan fingerprint density at radius 3 is 2.06 bits per heavy atom. The molecule has 0 aliphatic rings. The molecule has 2 atom stereocenters. The Morgan fingerprint density at radius 1 is 0.944 bits per heavy atom. The molecular formula is C17H29N. The Labute approximate surface area is 113 Å². The standard InChI is InChI=1S/C17H29N/c1-5-14(4)12-17(7-3)18-13-16-10-8-15(6-2)9-11-16/h8-11,14,17-18H,5-7,12-13H2,1-4H3. The third kappa shape index (κ3) is 5.22. The van der Waals surface area contributed by atoms with E-state index >= 15 is 0 Å². The SMILES string of the molecule is CCc1ccc(CNC(CC)CC(C)CC)cc1. The van der Waals surface area contributed by atoms with Crippen molar-refractivity contribution in [2.24, 2.45) is 5.92 Å². The van der Waals surface area contributed by atoms with Gasteiger partial charge in [0, 0.05) is 12.6 Å². The molecule has 1 N–H and O–H groups in total. The summed E-state index contributed by atoms with van der Waals surface area (Å²) < 4.78 is 0. The molecule has 1 rings (SSSR count). The van der Waals surface area contributed by atoms with Crippen molar-refractivity contribution < 1.29 is 0 Å². The van der Waals surface area contributed by atoms with E-state index in [1.807, 2.05) is 0 Å². The van der Waals surface area contributed by atoms with E-state index in [9.17, 15) is 0 Å². The average Bonchev–Trinajstić information content (AvgIpc) is 2.43. The lowest BCUT2D eigenvalue weighted by Crippen LogP contribution is -2.29. The van der Waals surface area contributed by atoms with Crippen molar-refractivity contribution in [1.29, 1.82) is 0 Å². The number of hydrogen-bond acceptors (Lipinski definition) is 1. The van der Waals surface area contributed by atoms with E-state index in [-0.39, 0.29) is 0 Å². The fourth-order valence-corrected chi connectivity index (χ4v) is 2.20. The number of aryl methyl sites for hydroxylation is 1. The van der Waals surface area contributed by atoms with Crippen LogP contribution in [0.1, 0.15) is 58.1 Å². The molecule has 0 aromatic heterocycles. The molecule has 1 aromatic rings. The summed E-state index contributed by atoms with van der Waals surface area (Å²) in [5.74, 6) is 0.824. The minimum absolute atomic E-state index is 0.658. The van der Waals surface area contributed by atoms with E-state index in [4.69, 9.17) is 0 Å². The maximum Gasteiger partial charge on any atom is 0.0208 e. The third-order valence-corrected chi connectivity index (χ3v) is 3.90. The van der Waals surface area contributed by atoms with Crippen molar-refractivity contribution >= 4 is 0 Å². The van der Waals surface area contributed by atoms with Crippen molar-refractivity contribution in [2.45, 2.75) is 66.0 Å². The third-order valence-electron chi connectivity index (χ3n) is 3.90. The first-order valence-electron chi connectivity index (χ1n) is 7.50. The summed E-state index contributed by atoms with van der Waals surface area (Å²) >= 11 is 0. The van der Waals surface area contributed by atoms with E-state index in [1.165, 1.54) is 30.4 Å². The van der Waals surface area contributed by atoms with Gasteiger partial charge in [0.1, 0.15) is 0 Å². The second kappa shape index (κ2) is 8.31. The van der Waals surface area contributed by atoms with Gasteiger partial charge in [0.25, 0.3) is 0 Å². The van der Waals surface area contributed by atoms with Gasteiger partial charge in [-0.05, 0) is 36.3 Å². The minimum Gasteiger partial charge on any atom is -0.310 e. The van der Waals surface area contributed by atoms with E-state index in [2.05, 4.69) is 57.3 Å². The molecule has 0 saturated carbocycles. The minimum atomic E-state index is 0.658. The Kier molecular flexibility index (Phi) is 7.04. The van der Waals surface area contributed by atoms with Gasteiger partial charge in [0.15, 0.2) is 0 Å². The molecule has 0 bridgehead atoms. The van der Waals surface area contributed by atoms with Crippen molar-refractivity contribution in [3.63, 3.8) is 0 Å². The largest absolute Gasteiger partial charge is 0.310 e. The molecule has 0 amide bonds. The first-order chi connectivity index (χ1) is 8.69. The zero-order valence-electron chi connectivity index (χ0n) is 12.5. The maximum atomic E-state index is 3.69. The van der Waals surface area contributed by atoms with E-state index in [0.717, 1.165) is 18.9 Å². The van der Waals surface area contributed by atoms with Crippen molar-refractivity contribution in [3.8, 4) is 0 Å². The van der Waals surface area contributed by atoms with Gasteiger partial charge >= 0.3 is 0 Å². The molecule has 0 radical (unpaired) electrons. The van der Waals surface area contributed by atoms with E-state index < -0.39 is 0 Å². The second-order valence-corrected chi connectivity index (χ2v) is 5.41. The van der Waals surface area contributed by atoms with Crippen LogP contribution in [0.25, 0.3) is 0 Å². The van der Waals surface area contributed by atoms with Gasteiger partial charge in [0.05, 0.1) is 0 Å². The van der Waals surface area contributed by atoms with Crippen LogP contribution in [0.15, 0.2) is 24.3 Å². The Hall–Kier alpha value is -0.820. The summed E-state index contributed by atoms with van der Waals surface area (Å²) in [6, 6.07) is 9.65. The molecule has 18 heavy (non-hydrogen) atoms. The molecule has 0 heterocycles. The summed E-state index contributed by atoms with van der Waals surface area (Å²) in [5, 5.41) is 3.69. The lowest BCUT2D eigenvalue weighted by Gasteiger charge is -2.20. The monoisotopic (exact) mass is 247 g/mol. The number of rotatable bonds is 8. The predicted molar refractivity (Wildman–Crippen MR) is 80.8 cm³/mol. The van der Waals surface area contributed by atoms with Crippen LogP contribution in [0.2, 0.25) is 0 Å². The molecular weight excluding hydrogens is 218 g/mol. The van der Waals surface area contributed by atoms with Gasteiger partial charge < -0.3 is 5.32 Å². The number of hydrogen-bond donors (Lipinski definition) is 1. The molecule has 0 fully saturated rings. The molecule has 1 heteroatoms. The van der Waals surface area contributed by atoms with Crippen LogP contribution in [-0.4, -0.2) is 6.04 Å². The summed E-state index contributed by atoms with van der Waals surface area (Å²) in [6.07, 6.45) is 4.92. The highest BCUT2D eigenvalue weighted by Gasteiger charge is 2.09. The van der Waals surface area contributed by atoms with Crippen molar-refractivity contribution in [1.82, 2.24) is 5.32 Å². The summed E-state index contributed by atoms with van der Waals surface area (Å²) in [6.45, 7) is 10.1. The van der Waals surface area contributed by atoms with Gasteiger partial charge in [0.2, 0.25) is 0 Å². The molecule has 0 aliphatic carbocycles. The smallest absolute Gasteiger partial charge is 0.0208 e. The molecule has 1 aromatic carbocycles. The zero-order valence-corrected chi connectivity index (χ0v) is 12.5. The van der Waals surface area contributed by atoms with Crippen molar-refractivity contribution in [3.05, 3.63) is 35.4 Å². The Bertz CT molecular complexity index is 315. The fourth-order valence-electron chi connectivity index (χ4n) is 2.20. The van der Waals surface area contributed by atoms with Crippen LogP contribution in [0.3, 0.4) is 0 Å². The first-order valence-corrected chi connectivity index (χ1v) is 7.50. The topological polar surface area (TPSA) is 12.0 Å². The van der Waals surface area contributed by atoms with Gasteiger partial charge in [-0.3, -0.25) is 0 Å². The van der Waals surface area contributed by atoms with Crippen LogP contribution in [0.5, 0.6) is 0 Å². The lowest BCUT2D eigenvalue weighted by atomic mass is 9.97. The highest BCUT2D eigenvalue weighted by molar-refractivity contribution is 5.22. The normalized spacial score (nSPS) is 14.4. The Morgan fingerprint density at radius 2 is 1.56 bits per heavy atom. The summed E-state index contributed by atoms with van der Waals surface area (Å²) in [7, 11) is 0. The molecule has 0 aliphatic heterocycles. The van der Waals surface area contributed by atoms with Crippen LogP contribution in [0.4, 0.5) is 0 Å². The van der Waals surface area contributed by atoms with Gasteiger partial charge in [-0.15, -0.1) is 0 Å². The number of benzene rings is 1. The van der Waals surface area contributed by atoms with E-state index in [1.54, 1.807) is 0 Å². The van der Waals surface area contributed by atoms with Gasteiger partial charge in [-0.25, -0.2) is 0 Å². The highest BCUT2D eigenvalue weighted by Crippen LogP contribution is 2.13. The van der Waals surface area contributed by atoms with Gasteiger partial charge in [-0.2, -0.15) is 0 Å². The highest BCUT2D eigenvalue weighted by atomic mass is 14.9. The lowest BCUT2D eigenvalue weighted by molar-refractivity contribution is 0.384. The number of nitrogens with one attached hydrogen (secondary N) is 1. The predicted octanol–water partition coefficient (Wildman–Crippen LogP) is 4.55. The van der Waals surface area contributed by atoms with Crippen molar-refractivity contribution in [2.75, 3.05) is 0 Å². The van der Waals surface area contributed by atoms with Crippen LogP contribution < -0.4 is 5.32 Å².